The van der Waals surface area contributed by atoms with Gasteiger partial charge in [0.2, 0.25) is 11.8 Å². The van der Waals surface area contributed by atoms with E-state index in [9.17, 15) is 14.4 Å². The lowest BCUT2D eigenvalue weighted by Crippen LogP contribution is -2.39. The number of likely N-dealkylation sites (tertiary alicyclic amines) is 1. The SMILES string of the molecule is O=C1CCC(c2ccc(C3CCN(C(=O)O)CC3)cc2)C(=O)N1. The molecule has 6 heteroatoms. The van der Waals surface area contributed by atoms with Gasteiger partial charge in [-0.1, -0.05) is 24.3 Å². The maximum atomic E-state index is 11.9. The van der Waals surface area contributed by atoms with Gasteiger partial charge in [-0.3, -0.25) is 14.9 Å². The van der Waals surface area contributed by atoms with Crippen LogP contribution < -0.4 is 5.32 Å². The van der Waals surface area contributed by atoms with Gasteiger partial charge in [-0.25, -0.2) is 4.79 Å². The third-order valence-electron chi connectivity index (χ3n) is 4.81. The lowest BCUT2D eigenvalue weighted by Gasteiger charge is -2.30. The second-order valence-electron chi connectivity index (χ2n) is 6.21. The highest BCUT2D eigenvalue weighted by Crippen LogP contribution is 2.30. The Hall–Kier alpha value is -2.37. The molecule has 0 saturated carbocycles. The van der Waals surface area contributed by atoms with Gasteiger partial charge in [0, 0.05) is 19.5 Å². The van der Waals surface area contributed by atoms with Crippen molar-refractivity contribution in [1.82, 2.24) is 10.2 Å². The zero-order valence-corrected chi connectivity index (χ0v) is 12.8. The van der Waals surface area contributed by atoms with E-state index in [1.165, 1.54) is 10.5 Å². The summed E-state index contributed by atoms with van der Waals surface area (Å²) in [5, 5.41) is 11.4. The van der Waals surface area contributed by atoms with E-state index in [-0.39, 0.29) is 17.7 Å². The van der Waals surface area contributed by atoms with Crippen LogP contribution in [0.15, 0.2) is 24.3 Å². The summed E-state index contributed by atoms with van der Waals surface area (Å²) in [4.78, 5) is 35.5. The Labute approximate surface area is 134 Å². The van der Waals surface area contributed by atoms with Gasteiger partial charge in [-0.05, 0) is 36.3 Å². The average Bonchev–Trinajstić information content (AvgIpc) is 2.55. The van der Waals surface area contributed by atoms with Crippen LogP contribution in [0, 0.1) is 0 Å². The van der Waals surface area contributed by atoms with Crippen LogP contribution in [-0.4, -0.2) is 41.0 Å². The molecule has 2 heterocycles. The summed E-state index contributed by atoms with van der Waals surface area (Å²) in [6.45, 7) is 1.13. The Balaban J connectivity index is 1.65. The van der Waals surface area contributed by atoms with Gasteiger partial charge in [0.05, 0.1) is 5.92 Å². The molecule has 2 N–H and O–H groups in total. The molecule has 6 nitrogen and oxygen atoms in total. The third kappa shape index (κ3) is 3.36. The molecule has 2 fully saturated rings. The summed E-state index contributed by atoms with van der Waals surface area (Å²) in [7, 11) is 0. The number of hydrogen-bond acceptors (Lipinski definition) is 3. The number of nitrogens with zero attached hydrogens (tertiary/aromatic N) is 1. The number of benzene rings is 1. The number of carbonyl (C=O) groups excluding carboxylic acids is 2. The van der Waals surface area contributed by atoms with Crippen molar-refractivity contribution in [3.05, 3.63) is 35.4 Å². The number of imide groups is 1. The van der Waals surface area contributed by atoms with Crippen LogP contribution >= 0.6 is 0 Å². The number of carbonyl (C=O) groups is 3. The van der Waals surface area contributed by atoms with Crippen molar-refractivity contribution in [2.24, 2.45) is 0 Å². The van der Waals surface area contributed by atoms with Crippen LogP contribution in [0.4, 0.5) is 4.79 Å². The van der Waals surface area contributed by atoms with E-state index in [4.69, 9.17) is 5.11 Å². The monoisotopic (exact) mass is 316 g/mol. The van der Waals surface area contributed by atoms with E-state index in [1.54, 1.807) is 0 Å². The molecule has 122 valence electrons. The highest BCUT2D eigenvalue weighted by Gasteiger charge is 2.28. The fourth-order valence-corrected chi connectivity index (χ4v) is 3.42. The fraction of sp³-hybridized carbons (Fsp3) is 0.471. The van der Waals surface area contributed by atoms with Gasteiger partial charge in [0.15, 0.2) is 0 Å². The first kappa shape index (κ1) is 15.5. The number of nitrogens with one attached hydrogen (secondary N) is 1. The molecule has 0 radical (unpaired) electrons. The third-order valence-corrected chi connectivity index (χ3v) is 4.81. The minimum atomic E-state index is -0.850. The van der Waals surface area contributed by atoms with Gasteiger partial charge >= 0.3 is 6.09 Å². The molecule has 1 aromatic carbocycles. The van der Waals surface area contributed by atoms with Crippen molar-refractivity contribution >= 4 is 17.9 Å². The summed E-state index contributed by atoms with van der Waals surface area (Å²) >= 11 is 0. The lowest BCUT2D eigenvalue weighted by atomic mass is 9.86. The maximum absolute atomic E-state index is 11.9. The van der Waals surface area contributed by atoms with E-state index >= 15 is 0 Å². The van der Waals surface area contributed by atoms with Crippen LogP contribution in [0.3, 0.4) is 0 Å². The van der Waals surface area contributed by atoms with E-state index in [2.05, 4.69) is 5.32 Å². The highest BCUT2D eigenvalue weighted by atomic mass is 16.4. The molecule has 1 aromatic rings. The van der Waals surface area contributed by atoms with Gasteiger partial charge in [0.1, 0.15) is 0 Å². The molecule has 2 saturated heterocycles. The number of rotatable bonds is 2. The summed E-state index contributed by atoms with van der Waals surface area (Å²) in [5.74, 6) is -0.311. The Morgan fingerprint density at radius 3 is 2.22 bits per heavy atom. The number of hydrogen-bond donors (Lipinski definition) is 2. The summed E-state index contributed by atoms with van der Waals surface area (Å²) in [6, 6.07) is 7.97. The smallest absolute Gasteiger partial charge is 0.407 e. The van der Waals surface area contributed by atoms with Crippen LogP contribution in [0.2, 0.25) is 0 Å². The molecule has 3 amide bonds. The second kappa shape index (κ2) is 6.40. The topological polar surface area (TPSA) is 86.7 Å². The standard InChI is InChI=1S/C17H20N2O4/c20-15-6-5-14(16(21)18-15)13-3-1-11(2-4-13)12-7-9-19(10-8-12)17(22)23/h1-4,12,14H,5-10H2,(H,22,23)(H,18,20,21). The van der Waals surface area contributed by atoms with Crippen molar-refractivity contribution in [1.29, 1.82) is 0 Å². The van der Waals surface area contributed by atoms with Crippen molar-refractivity contribution in [3.63, 3.8) is 0 Å². The number of carboxylic acid groups (broad SMARTS) is 1. The number of amides is 3. The molecule has 0 aromatic heterocycles. The minimum absolute atomic E-state index is 0.201. The van der Waals surface area contributed by atoms with Crippen LogP contribution in [0.5, 0.6) is 0 Å². The van der Waals surface area contributed by atoms with E-state index < -0.39 is 6.09 Å². The lowest BCUT2D eigenvalue weighted by molar-refractivity contribution is -0.134. The Bertz CT molecular complexity index is 618. The molecule has 1 atom stereocenters. The molecule has 0 bridgehead atoms. The second-order valence-corrected chi connectivity index (χ2v) is 6.21. The average molecular weight is 316 g/mol. The first-order valence-corrected chi connectivity index (χ1v) is 7.96. The molecular formula is C17H20N2O4. The Morgan fingerprint density at radius 1 is 1.04 bits per heavy atom. The van der Waals surface area contributed by atoms with E-state index in [0.29, 0.717) is 31.8 Å². The first-order valence-electron chi connectivity index (χ1n) is 7.96. The van der Waals surface area contributed by atoms with Crippen molar-refractivity contribution in [2.75, 3.05) is 13.1 Å². The zero-order valence-electron chi connectivity index (χ0n) is 12.8. The van der Waals surface area contributed by atoms with Gasteiger partial charge < -0.3 is 10.0 Å². The molecule has 23 heavy (non-hydrogen) atoms. The fourth-order valence-electron chi connectivity index (χ4n) is 3.42. The molecule has 0 spiro atoms. The van der Waals surface area contributed by atoms with Crippen molar-refractivity contribution < 1.29 is 19.5 Å². The first-order chi connectivity index (χ1) is 11.0. The summed E-state index contributed by atoms with van der Waals surface area (Å²) in [5.41, 5.74) is 2.12. The summed E-state index contributed by atoms with van der Waals surface area (Å²) < 4.78 is 0. The quantitative estimate of drug-likeness (QED) is 0.818. The highest BCUT2D eigenvalue weighted by molar-refractivity contribution is 6.00. The summed E-state index contributed by atoms with van der Waals surface area (Å²) in [6.07, 6.45) is 1.73. The van der Waals surface area contributed by atoms with Gasteiger partial charge in [-0.2, -0.15) is 0 Å². The maximum Gasteiger partial charge on any atom is 0.407 e. The van der Waals surface area contributed by atoms with Crippen LogP contribution in [0.25, 0.3) is 0 Å². The normalized spacial score (nSPS) is 22.8. The van der Waals surface area contributed by atoms with Crippen LogP contribution in [0.1, 0.15) is 48.6 Å². The minimum Gasteiger partial charge on any atom is -0.465 e. The molecule has 2 aliphatic heterocycles. The zero-order chi connectivity index (χ0) is 16.4. The predicted molar refractivity (Wildman–Crippen MR) is 83.1 cm³/mol. The van der Waals surface area contributed by atoms with Crippen molar-refractivity contribution in [2.45, 2.75) is 37.5 Å². The van der Waals surface area contributed by atoms with E-state index in [0.717, 1.165) is 18.4 Å². The van der Waals surface area contributed by atoms with Gasteiger partial charge in [0.25, 0.3) is 0 Å². The molecule has 0 aliphatic carbocycles. The van der Waals surface area contributed by atoms with Gasteiger partial charge in [-0.15, -0.1) is 0 Å². The Morgan fingerprint density at radius 2 is 1.65 bits per heavy atom. The Kier molecular flexibility index (Phi) is 4.32. The molecule has 1 unspecified atom stereocenters. The molecular weight excluding hydrogens is 296 g/mol. The molecule has 2 aliphatic rings. The predicted octanol–water partition coefficient (Wildman–Crippen LogP) is 2.06. The largest absolute Gasteiger partial charge is 0.465 e. The van der Waals surface area contributed by atoms with Crippen LogP contribution in [-0.2, 0) is 9.59 Å². The van der Waals surface area contributed by atoms with Crippen molar-refractivity contribution in [3.8, 4) is 0 Å². The van der Waals surface area contributed by atoms with E-state index in [1.807, 2.05) is 24.3 Å². The number of piperidine rings is 2. The molecule has 3 rings (SSSR count).